The molecular formula is C23H32FN5. The van der Waals surface area contributed by atoms with Gasteiger partial charge in [-0.15, -0.1) is 0 Å². The number of rotatable bonds is 8. The molecule has 0 aliphatic carbocycles. The summed E-state index contributed by atoms with van der Waals surface area (Å²) in [4.78, 5) is 9.25. The normalized spacial score (nSPS) is 15.4. The summed E-state index contributed by atoms with van der Waals surface area (Å²) in [6, 6.07) is 17.3. The molecule has 1 aliphatic rings. The molecule has 0 radical (unpaired) electrons. The van der Waals surface area contributed by atoms with Crippen molar-refractivity contribution in [3.05, 3.63) is 66.0 Å². The number of piperazine rings is 1. The molecule has 156 valence electrons. The smallest absolute Gasteiger partial charge is 0.191 e. The minimum atomic E-state index is -0.211. The number of benzene rings is 2. The molecule has 2 aromatic rings. The summed E-state index contributed by atoms with van der Waals surface area (Å²) in [7, 11) is 1.76. The zero-order valence-electron chi connectivity index (χ0n) is 17.3. The molecule has 2 aromatic carbocycles. The molecule has 0 amide bonds. The Morgan fingerprint density at radius 3 is 2.48 bits per heavy atom. The topological polar surface area (TPSA) is 42.9 Å². The predicted octanol–water partition coefficient (Wildman–Crippen LogP) is 3.09. The molecule has 2 N–H and O–H groups in total. The fraction of sp³-hybridized carbons (Fsp3) is 0.435. The number of aliphatic imine (C=N–C) groups is 1. The standard InChI is InChI=1S/C23H32FN5/c1-25-23(27-19-20-8-7-9-21(24)18-20)26-12-5-6-13-28-14-16-29(17-15-28)22-10-3-2-4-11-22/h2-4,7-11,18H,5-6,12-17,19H2,1H3,(H2,25,26,27). The molecule has 1 saturated heterocycles. The number of nitrogens with one attached hydrogen (secondary N) is 2. The Hall–Kier alpha value is -2.60. The maximum Gasteiger partial charge on any atom is 0.191 e. The highest BCUT2D eigenvalue weighted by Crippen LogP contribution is 2.15. The van der Waals surface area contributed by atoms with Gasteiger partial charge in [0.25, 0.3) is 0 Å². The van der Waals surface area contributed by atoms with E-state index in [1.807, 2.05) is 6.07 Å². The molecule has 0 spiro atoms. The van der Waals surface area contributed by atoms with E-state index < -0.39 is 0 Å². The lowest BCUT2D eigenvalue weighted by atomic mass is 10.2. The number of unbranched alkanes of at least 4 members (excludes halogenated alkanes) is 1. The summed E-state index contributed by atoms with van der Waals surface area (Å²) >= 11 is 0. The number of guanidine groups is 1. The molecular weight excluding hydrogens is 365 g/mol. The number of hydrogen-bond donors (Lipinski definition) is 2. The van der Waals surface area contributed by atoms with Gasteiger partial charge in [-0.3, -0.25) is 9.89 Å². The average molecular weight is 398 g/mol. The zero-order chi connectivity index (χ0) is 20.3. The van der Waals surface area contributed by atoms with Crippen LogP contribution in [0.3, 0.4) is 0 Å². The monoisotopic (exact) mass is 397 g/mol. The molecule has 0 saturated carbocycles. The van der Waals surface area contributed by atoms with Crippen molar-refractivity contribution in [1.82, 2.24) is 15.5 Å². The van der Waals surface area contributed by atoms with Crippen LogP contribution in [0.15, 0.2) is 59.6 Å². The van der Waals surface area contributed by atoms with Crippen molar-refractivity contribution in [3.63, 3.8) is 0 Å². The number of para-hydroxylation sites is 1. The summed E-state index contributed by atoms with van der Waals surface area (Å²) in [5.41, 5.74) is 2.23. The molecule has 0 atom stereocenters. The SMILES string of the molecule is CN=C(NCCCCN1CCN(c2ccccc2)CC1)NCc1cccc(F)c1. The molecule has 0 aromatic heterocycles. The summed E-state index contributed by atoms with van der Waals surface area (Å²) in [5.74, 6) is 0.544. The van der Waals surface area contributed by atoms with Crippen molar-refractivity contribution in [2.45, 2.75) is 19.4 Å². The summed E-state index contributed by atoms with van der Waals surface area (Å²) in [6.07, 6.45) is 2.26. The Morgan fingerprint density at radius 2 is 1.76 bits per heavy atom. The van der Waals surface area contributed by atoms with E-state index in [1.54, 1.807) is 13.1 Å². The van der Waals surface area contributed by atoms with Gasteiger partial charge < -0.3 is 15.5 Å². The molecule has 1 heterocycles. The quantitative estimate of drug-likeness (QED) is 0.408. The minimum absolute atomic E-state index is 0.211. The fourth-order valence-corrected chi connectivity index (χ4v) is 3.59. The fourth-order valence-electron chi connectivity index (χ4n) is 3.59. The van der Waals surface area contributed by atoms with Gasteiger partial charge in [-0.1, -0.05) is 30.3 Å². The van der Waals surface area contributed by atoms with E-state index in [4.69, 9.17) is 0 Å². The van der Waals surface area contributed by atoms with E-state index >= 15 is 0 Å². The second-order valence-corrected chi connectivity index (χ2v) is 7.35. The lowest BCUT2D eigenvalue weighted by Gasteiger charge is -2.36. The van der Waals surface area contributed by atoms with Crippen LogP contribution in [-0.2, 0) is 6.54 Å². The third-order valence-corrected chi connectivity index (χ3v) is 5.26. The average Bonchev–Trinajstić information content (AvgIpc) is 2.77. The molecule has 6 heteroatoms. The second-order valence-electron chi connectivity index (χ2n) is 7.35. The first-order valence-corrected chi connectivity index (χ1v) is 10.5. The van der Waals surface area contributed by atoms with Crippen LogP contribution >= 0.6 is 0 Å². The van der Waals surface area contributed by atoms with Crippen molar-refractivity contribution < 1.29 is 4.39 Å². The summed E-state index contributed by atoms with van der Waals surface area (Å²) < 4.78 is 13.2. The Kier molecular flexibility index (Phi) is 8.31. The molecule has 5 nitrogen and oxygen atoms in total. The maximum absolute atomic E-state index is 13.2. The molecule has 0 unspecified atom stereocenters. The van der Waals surface area contributed by atoms with Crippen LogP contribution in [0.1, 0.15) is 18.4 Å². The minimum Gasteiger partial charge on any atom is -0.369 e. The van der Waals surface area contributed by atoms with Gasteiger partial charge in [-0.2, -0.15) is 0 Å². The van der Waals surface area contributed by atoms with E-state index in [9.17, 15) is 4.39 Å². The number of anilines is 1. The number of nitrogens with zero attached hydrogens (tertiary/aromatic N) is 3. The molecule has 0 bridgehead atoms. The van der Waals surface area contributed by atoms with Crippen LogP contribution < -0.4 is 15.5 Å². The van der Waals surface area contributed by atoms with Crippen LogP contribution in [0.4, 0.5) is 10.1 Å². The highest BCUT2D eigenvalue weighted by atomic mass is 19.1. The molecule has 29 heavy (non-hydrogen) atoms. The van der Waals surface area contributed by atoms with E-state index in [-0.39, 0.29) is 5.82 Å². The van der Waals surface area contributed by atoms with Gasteiger partial charge in [0, 0.05) is 52.0 Å². The lowest BCUT2D eigenvalue weighted by Crippen LogP contribution is -2.46. The van der Waals surface area contributed by atoms with Crippen LogP contribution in [-0.4, -0.2) is 57.2 Å². The van der Waals surface area contributed by atoms with Crippen LogP contribution in [0.5, 0.6) is 0 Å². The predicted molar refractivity (Wildman–Crippen MR) is 119 cm³/mol. The van der Waals surface area contributed by atoms with E-state index in [2.05, 4.69) is 55.8 Å². The van der Waals surface area contributed by atoms with Crippen molar-refractivity contribution in [2.24, 2.45) is 4.99 Å². The van der Waals surface area contributed by atoms with Crippen molar-refractivity contribution >= 4 is 11.6 Å². The van der Waals surface area contributed by atoms with Gasteiger partial charge in [0.15, 0.2) is 5.96 Å². The van der Waals surface area contributed by atoms with Gasteiger partial charge >= 0.3 is 0 Å². The first-order valence-electron chi connectivity index (χ1n) is 10.5. The highest BCUT2D eigenvalue weighted by Gasteiger charge is 2.16. The third kappa shape index (κ3) is 7.06. The van der Waals surface area contributed by atoms with Crippen LogP contribution in [0.2, 0.25) is 0 Å². The number of hydrogen-bond acceptors (Lipinski definition) is 3. The second kappa shape index (κ2) is 11.4. The summed E-state index contributed by atoms with van der Waals surface area (Å²) in [6.45, 7) is 7.02. The van der Waals surface area contributed by atoms with Crippen molar-refractivity contribution in [1.29, 1.82) is 0 Å². The van der Waals surface area contributed by atoms with Gasteiger partial charge in [-0.25, -0.2) is 4.39 Å². The first kappa shape index (κ1) is 21.1. The molecule has 1 aliphatic heterocycles. The maximum atomic E-state index is 13.2. The Bertz CT molecular complexity index is 757. The van der Waals surface area contributed by atoms with Crippen LogP contribution in [0.25, 0.3) is 0 Å². The lowest BCUT2D eigenvalue weighted by molar-refractivity contribution is 0.253. The molecule has 3 rings (SSSR count). The van der Waals surface area contributed by atoms with E-state index in [0.29, 0.717) is 6.54 Å². The molecule has 1 fully saturated rings. The van der Waals surface area contributed by atoms with Gasteiger partial charge in [0.05, 0.1) is 0 Å². The van der Waals surface area contributed by atoms with E-state index in [0.717, 1.165) is 57.2 Å². The van der Waals surface area contributed by atoms with Gasteiger partial charge in [0.1, 0.15) is 5.82 Å². The Morgan fingerprint density at radius 1 is 0.966 bits per heavy atom. The zero-order valence-corrected chi connectivity index (χ0v) is 17.3. The third-order valence-electron chi connectivity index (χ3n) is 5.26. The summed E-state index contributed by atoms with van der Waals surface area (Å²) in [5, 5.41) is 6.57. The Balaban J connectivity index is 1.27. The van der Waals surface area contributed by atoms with Gasteiger partial charge in [0.2, 0.25) is 0 Å². The van der Waals surface area contributed by atoms with E-state index in [1.165, 1.54) is 24.2 Å². The van der Waals surface area contributed by atoms with Crippen molar-refractivity contribution in [3.8, 4) is 0 Å². The largest absolute Gasteiger partial charge is 0.369 e. The highest BCUT2D eigenvalue weighted by molar-refractivity contribution is 5.79. The Labute approximate surface area is 173 Å². The first-order chi connectivity index (χ1) is 14.2. The van der Waals surface area contributed by atoms with Crippen LogP contribution in [0, 0.1) is 5.82 Å². The van der Waals surface area contributed by atoms with Crippen molar-refractivity contribution in [2.75, 3.05) is 51.2 Å². The van der Waals surface area contributed by atoms with Gasteiger partial charge in [-0.05, 0) is 49.2 Å². The number of halogens is 1.